The van der Waals surface area contributed by atoms with Crippen LogP contribution in [-0.2, 0) is 14.3 Å². The fraction of sp³-hybridized carbons (Fsp3) is 0.435. The fourth-order valence-electron chi connectivity index (χ4n) is 5.01. The molecule has 1 aliphatic carbocycles. The molecule has 2 aromatic rings. The van der Waals surface area contributed by atoms with E-state index in [0.29, 0.717) is 24.7 Å². The third kappa shape index (κ3) is 3.11. The standard InChI is InChI=1S/C23H25NO8/c1-27-17-5-11(6-18(28-2)21(17)25)19-12-7-15-16(32-10-31-15)8-13(12)22(29-4-3-24)14-9-30-23(26)20(14)19/h5-8,14,19-20,22,25H,3-4,9-10,24H2,1-2H3/t14-,19+,20-,22-/m0/s1. The number of methoxy groups -OCH3 is 2. The number of carbonyl (C=O) groups is 1. The number of nitrogens with two attached hydrogens (primary N) is 1. The van der Waals surface area contributed by atoms with Gasteiger partial charge in [-0.25, -0.2) is 0 Å². The van der Waals surface area contributed by atoms with Gasteiger partial charge in [0.1, 0.15) is 0 Å². The Bertz CT molecular complexity index is 1030. The summed E-state index contributed by atoms with van der Waals surface area (Å²) in [5.74, 6) is 0.258. The van der Waals surface area contributed by atoms with Crippen molar-refractivity contribution in [3.8, 4) is 28.7 Å². The van der Waals surface area contributed by atoms with E-state index in [0.717, 1.165) is 16.7 Å². The van der Waals surface area contributed by atoms with Crippen molar-refractivity contribution in [3.63, 3.8) is 0 Å². The van der Waals surface area contributed by atoms with Crippen molar-refractivity contribution in [2.24, 2.45) is 17.6 Å². The first-order valence-corrected chi connectivity index (χ1v) is 10.4. The quantitative estimate of drug-likeness (QED) is 0.647. The number of hydrogen-bond acceptors (Lipinski definition) is 9. The largest absolute Gasteiger partial charge is 0.502 e. The van der Waals surface area contributed by atoms with Crippen molar-refractivity contribution in [3.05, 3.63) is 41.0 Å². The number of cyclic esters (lactones) is 1. The van der Waals surface area contributed by atoms with E-state index in [9.17, 15) is 9.90 Å². The van der Waals surface area contributed by atoms with Gasteiger partial charge in [0, 0.05) is 18.4 Å². The Labute approximate surface area is 184 Å². The van der Waals surface area contributed by atoms with Crippen molar-refractivity contribution in [1.82, 2.24) is 0 Å². The Hall–Kier alpha value is -3.17. The predicted octanol–water partition coefficient (Wildman–Crippen LogP) is 2.09. The second-order valence-electron chi connectivity index (χ2n) is 7.99. The second-order valence-corrected chi connectivity index (χ2v) is 7.99. The van der Waals surface area contributed by atoms with Crippen molar-refractivity contribution in [2.45, 2.75) is 12.0 Å². The molecule has 32 heavy (non-hydrogen) atoms. The average Bonchev–Trinajstić information content (AvgIpc) is 3.42. The SMILES string of the molecule is COc1cc([C@@H]2c3cc4c(cc3[C@H](OCCN)[C@H]3COC(=O)[C@H]23)OCO4)cc(OC)c1O. The number of hydrogen-bond donors (Lipinski definition) is 2. The van der Waals surface area contributed by atoms with Crippen LogP contribution in [0, 0.1) is 11.8 Å². The topological polar surface area (TPSA) is 119 Å². The zero-order valence-electron chi connectivity index (χ0n) is 17.8. The van der Waals surface area contributed by atoms with E-state index >= 15 is 0 Å². The number of rotatable bonds is 6. The summed E-state index contributed by atoms with van der Waals surface area (Å²) in [7, 11) is 2.93. The molecule has 170 valence electrons. The fourth-order valence-corrected chi connectivity index (χ4v) is 5.01. The van der Waals surface area contributed by atoms with Crippen molar-refractivity contribution < 1.29 is 38.3 Å². The monoisotopic (exact) mass is 443 g/mol. The van der Waals surface area contributed by atoms with E-state index in [4.69, 9.17) is 34.2 Å². The summed E-state index contributed by atoms with van der Waals surface area (Å²) in [6, 6.07) is 7.26. The molecule has 0 radical (unpaired) electrons. The highest BCUT2D eigenvalue weighted by atomic mass is 16.7. The number of fused-ring (bicyclic) bond motifs is 3. The highest BCUT2D eigenvalue weighted by Gasteiger charge is 2.53. The van der Waals surface area contributed by atoms with Crippen LogP contribution in [0.3, 0.4) is 0 Å². The molecule has 1 fully saturated rings. The number of ether oxygens (including phenoxy) is 6. The van der Waals surface area contributed by atoms with Gasteiger partial charge in [-0.2, -0.15) is 0 Å². The molecule has 3 aliphatic rings. The molecule has 0 spiro atoms. The number of phenols is 1. The summed E-state index contributed by atoms with van der Waals surface area (Å²) in [4.78, 5) is 13.0. The van der Waals surface area contributed by atoms with E-state index in [2.05, 4.69) is 0 Å². The molecule has 0 unspecified atom stereocenters. The van der Waals surface area contributed by atoms with E-state index in [1.807, 2.05) is 12.1 Å². The highest BCUT2D eigenvalue weighted by molar-refractivity contribution is 5.79. The molecule has 2 aliphatic heterocycles. The van der Waals surface area contributed by atoms with Gasteiger partial charge in [0.2, 0.25) is 12.5 Å². The van der Waals surface area contributed by atoms with Gasteiger partial charge in [-0.05, 0) is 41.0 Å². The number of aromatic hydroxyl groups is 1. The molecule has 2 heterocycles. The van der Waals surface area contributed by atoms with Gasteiger partial charge in [-0.1, -0.05) is 0 Å². The molecule has 5 rings (SSSR count). The van der Waals surface area contributed by atoms with Crippen LogP contribution in [0.4, 0.5) is 0 Å². The second kappa shape index (κ2) is 8.07. The van der Waals surface area contributed by atoms with Crippen LogP contribution in [0.25, 0.3) is 0 Å². The highest BCUT2D eigenvalue weighted by Crippen LogP contribution is 2.56. The minimum atomic E-state index is -0.496. The molecule has 9 nitrogen and oxygen atoms in total. The van der Waals surface area contributed by atoms with E-state index < -0.39 is 5.92 Å². The minimum Gasteiger partial charge on any atom is -0.502 e. The van der Waals surface area contributed by atoms with Gasteiger partial charge in [-0.3, -0.25) is 4.79 Å². The van der Waals surface area contributed by atoms with Gasteiger partial charge in [0.15, 0.2) is 23.0 Å². The summed E-state index contributed by atoms with van der Waals surface area (Å²) >= 11 is 0. The Balaban J connectivity index is 1.72. The first kappa shape index (κ1) is 20.7. The van der Waals surface area contributed by atoms with Crippen LogP contribution >= 0.6 is 0 Å². The summed E-state index contributed by atoms with van der Waals surface area (Å²) in [5, 5.41) is 10.4. The van der Waals surface area contributed by atoms with E-state index in [1.54, 1.807) is 12.1 Å². The Morgan fingerprint density at radius 2 is 1.69 bits per heavy atom. The molecule has 0 aromatic heterocycles. The van der Waals surface area contributed by atoms with Gasteiger partial charge in [-0.15, -0.1) is 0 Å². The zero-order chi connectivity index (χ0) is 22.4. The van der Waals surface area contributed by atoms with Crippen LogP contribution in [0.1, 0.15) is 28.7 Å². The van der Waals surface area contributed by atoms with Crippen LogP contribution in [0.2, 0.25) is 0 Å². The Morgan fingerprint density at radius 3 is 2.31 bits per heavy atom. The number of esters is 1. The third-order valence-electron chi connectivity index (χ3n) is 6.40. The smallest absolute Gasteiger partial charge is 0.310 e. The molecule has 9 heteroatoms. The molecule has 3 N–H and O–H groups in total. The van der Waals surface area contributed by atoms with Crippen molar-refractivity contribution >= 4 is 5.97 Å². The summed E-state index contributed by atoms with van der Waals surface area (Å²) in [6.45, 7) is 1.09. The molecule has 0 bridgehead atoms. The van der Waals surface area contributed by atoms with E-state index in [1.165, 1.54) is 14.2 Å². The molecular weight excluding hydrogens is 418 g/mol. The Kier molecular flexibility index (Phi) is 5.22. The molecule has 0 amide bonds. The Morgan fingerprint density at radius 1 is 1.03 bits per heavy atom. The molecular formula is C23H25NO8. The minimum absolute atomic E-state index is 0.102. The maximum Gasteiger partial charge on any atom is 0.310 e. The lowest BCUT2D eigenvalue weighted by atomic mass is 9.66. The summed E-state index contributed by atoms with van der Waals surface area (Å²) in [6.07, 6.45) is -0.378. The van der Waals surface area contributed by atoms with Gasteiger partial charge < -0.3 is 39.3 Å². The van der Waals surface area contributed by atoms with Crippen LogP contribution < -0.4 is 24.7 Å². The van der Waals surface area contributed by atoms with Gasteiger partial charge in [0.25, 0.3) is 0 Å². The predicted molar refractivity (Wildman–Crippen MR) is 111 cm³/mol. The summed E-state index contributed by atoms with van der Waals surface area (Å²) in [5.41, 5.74) is 8.22. The first-order valence-electron chi connectivity index (χ1n) is 10.4. The van der Waals surface area contributed by atoms with E-state index in [-0.39, 0.29) is 54.6 Å². The van der Waals surface area contributed by atoms with Crippen LogP contribution in [0.5, 0.6) is 28.7 Å². The number of phenolic OH excluding ortho intramolecular Hbond substituents is 1. The maximum atomic E-state index is 13.0. The number of benzene rings is 2. The molecule has 0 saturated carbocycles. The maximum absolute atomic E-state index is 13.0. The van der Waals surface area contributed by atoms with Crippen molar-refractivity contribution in [1.29, 1.82) is 0 Å². The molecule has 4 atom stereocenters. The first-order chi connectivity index (χ1) is 15.6. The molecule has 1 saturated heterocycles. The lowest BCUT2D eigenvalue weighted by molar-refractivity contribution is -0.141. The van der Waals surface area contributed by atoms with Crippen LogP contribution in [0.15, 0.2) is 24.3 Å². The summed E-state index contributed by atoms with van der Waals surface area (Å²) < 4.78 is 33.6. The van der Waals surface area contributed by atoms with Gasteiger partial charge in [0.05, 0.1) is 39.5 Å². The van der Waals surface area contributed by atoms with Gasteiger partial charge >= 0.3 is 5.97 Å². The average molecular weight is 443 g/mol. The zero-order valence-corrected chi connectivity index (χ0v) is 17.8. The third-order valence-corrected chi connectivity index (χ3v) is 6.40. The number of carbonyl (C=O) groups excluding carboxylic acids is 1. The van der Waals surface area contributed by atoms with Crippen molar-refractivity contribution in [2.75, 3.05) is 40.8 Å². The van der Waals surface area contributed by atoms with Crippen LogP contribution in [-0.4, -0.2) is 51.8 Å². The lowest BCUT2D eigenvalue weighted by Crippen LogP contribution is -2.36. The normalized spacial score (nSPS) is 25.2. The molecule has 2 aromatic carbocycles. The lowest BCUT2D eigenvalue weighted by Gasteiger charge is -2.39.